The Hall–Kier alpha value is -0.640. The summed E-state index contributed by atoms with van der Waals surface area (Å²) in [6.45, 7) is 1.84. The smallest absolute Gasteiger partial charge is 0.330 e. The number of carbonyl (C=O) groups excluding carboxylic acids is 1. The van der Waals surface area contributed by atoms with Crippen molar-refractivity contribution in [1.29, 1.82) is 0 Å². The molecule has 0 aliphatic carbocycles. The molecule has 70 valence electrons. The first-order valence-corrected chi connectivity index (χ1v) is 5.03. The van der Waals surface area contributed by atoms with E-state index in [1.54, 1.807) is 6.92 Å². The molecule has 12 heavy (non-hydrogen) atoms. The molecule has 0 spiro atoms. The Labute approximate surface area is 70.2 Å². The fraction of sp³-hybridized carbons (Fsp3) is 0.500. The van der Waals surface area contributed by atoms with Crippen molar-refractivity contribution >= 4 is 13.6 Å². The summed E-state index contributed by atoms with van der Waals surface area (Å²) in [6.07, 6.45) is 1.23. The van der Waals surface area contributed by atoms with Crippen molar-refractivity contribution in [2.45, 2.75) is 6.92 Å². The van der Waals surface area contributed by atoms with Crippen LogP contribution in [-0.4, -0.2) is 18.7 Å². The molecule has 0 aromatic carbocycles. The van der Waals surface area contributed by atoms with Crippen LogP contribution in [0, 0.1) is 0 Å². The number of carbonyl (C=O) groups is 1. The van der Waals surface area contributed by atoms with Gasteiger partial charge in [-0.05, 0) is 13.1 Å². The lowest BCUT2D eigenvalue weighted by Crippen LogP contribution is -2.15. The molecule has 0 amide bonds. The number of esters is 1. The van der Waals surface area contributed by atoms with E-state index in [1.165, 1.54) is 0 Å². The summed E-state index contributed by atoms with van der Waals surface area (Å²) < 4.78 is 14.5. The monoisotopic (exact) mass is 192 g/mol. The molecule has 5 nitrogen and oxygen atoms in total. The molecule has 0 heterocycles. The van der Waals surface area contributed by atoms with Gasteiger partial charge in [-0.25, -0.2) is 4.79 Å². The van der Waals surface area contributed by atoms with Gasteiger partial charge in [-0.1, -0.05) is 13.7 Å². The van der Waals surface area contributed by atoms with E-state index in [9.17, 15) is 19.1 Å². The van der Waals surface area contributed by atoms with Crippen LogP contribution >= 0.6 is 7.60 Å². The van der Waals surface area contributed by atoms with Crippen LogP contribution in [0.5, 0.6) is 0 Å². The number of ether oxygens (including phenoxy) is 1. The van der Waals surface area contributed by atoms with E-state index >= 15 is 0 Å². The summed E-state index contributed by atoms with van der Waals surface area (Å²) in [6, 6.07) is 0. The molecular weight excluding hydrogens is 183 g/mol. The fourth-order valence-corrected chi connectivity index (χ4v) is 0.832. The molecule has 0 atom stereocenters. The van der Waals surface area contributed by atoms with Gasteiger partial charge >= 0.3 is 5.97 Å². The van der Waals surface area contributed by atoms with Crippen molar-refractivity contribution in [1.82, 2.24) is 0 Å². The molecule has 0 aromatic heterocycles. The third-order valence-corrected chi connectivity index (χ3v) is 1.53. The Morgan fingerprint density at radius 2 is 2.17 bits per heavy atom. The third-order valence-electron chi connectivity index (χ3n) is 0.870. The number of hydrogen-bond donors (Lipinski definition) is 0. The maximum atomic E-state index is 10.5. The lowest BCUT2D eigenvalue weighted by Gasteiger charge is -2.27. The quantitative estimate of drug-likeness (QED) is 0.324. The van der Waals surface area contributed by atoms with Crippen LogP contribution < -0.4 is 9.79 Å². The molecule has 0 saturated heterocycles. The highest BCUT2D eigenvalue weighted by Crippen LogP contribution is 2.21. The average molecular weight is 192 g/mol. The van der Waals surface area contributed by atoms with Gasteiger partial charge in [0.25, 0.3) is 0 Å². The third kappa shape index (κ3) is 7.47. The van der Waals surface area contributed by atoms with Gasteiger partial charge in [0, 0.05) is 6.08 Å². The Morgan fingerprint density at radius 1 is 1.58 bits per heavy atom. The highest BCUT2D eigenvalue weighted by atomic mass is 31.2. The van der Waals surface area contributed by atoms with E-state index < -0.39 is 19.7 Å². The molecule has 0 bridgehead atoms. The molecule has 0 radical (unpaired) electrons. The summed E-state index contributed by atoms with van der Waals surface area (Å²) in [7, 11) is -4.54. The van der Waals surface area contributed by atoms with Gasteiger partial charge in [0.1, 0.15) is 0 Å². The molecule has 0 fully saturated rings. The highest BCUT2D eigenvalue weighted by molar-refractivity contribution is 7.48. The summed E-state index contributed by atoms with van der Waals surface area (Å²) in [5.41, 5.74) is 0. The van der Waals surface area contributed by atoms with Gasteiger partial charge in [0.15, 0.2) is 0 Å². The first-order chi connectivity index (χ1) is 5.45. The molecule has 0 unspecified atom stereocenters. The first kappa shape index (κ1) is 11.4. The Morgan fingerprint density at radius 3 is 2.58 bits per heavy atom. The van der Waals surface area contributed by atoms with Gasteiger partial charge in [-0.2, -0.15) is 0 Å². The van der Waals surface area contributed by atoms with E-state index in [0.29, 0.717) is 0 Å². The zero-order chi connectivity index (χ0) is 9.61. The molecule has 0 N–H and O–H groups in total. The number of hydrogen-bond acceptors (Lipinski definition) is 5. The molecular formula is C6H9O5P-2. The van der Waals surface area contributed by atoms with Gasteiger partial charge in [0.2, 0.25) is 0 Å². The lowest BCUT2D eigenvalue weighted by molar-refractivity contribution is -0.312. The average Bonchev–Trinajstić information content (AvgIpc) is 1.84. The normalized spacial score (nSPS) is 11.9. The number of rotatable bonds is 4. The zero-order valence-corrected chi connectivity index (χ0v) is 7.45. The second-order valence-corrected chi connectivity index (χ2v) is 3.53. The molecule has 0 aliphatic heterocycles. The van der Waals surface area contributed by atoms with Crippen molar-refractivity contribution < 1.29 is 23.9 Å². The van der Waals surface area contributed by atoms with Crippen molar-refractivity contribution in [2.75, 3.05) is 12.8 Å². The van der Waals surface area contributed by atoms with Gasteiger partial charge in [-0.3, -0.25) is 0 Å². The van der Waals surface area contributed by atoms with E-state index in [4.69, 9.17) is 0 Å². The van der Waals surface area contributed by atoms with Crippen molar-refractivity contribution in [3.05, 3.63) is 12.2 Å². The minimum Gasteiger partial charge on any atom is -0.811 e. The highest BCUT2D eigenvalue weighted by Gasteiger charge is 1.92. The van der Waals surface area contributed by atoms with E-state index in [1.807, 2.05) is 0 Å². The minimum absolute atomic E-state index is 0.218. The summed E-state index contributed by atoms with van der Waals surface area (Å²) >= 11 is 0. The second-order valence-electron chi connectivity index (χ2n) is 1.95. The van der Waals surface area contributed by atoms with Crippen molar-refractivity contribution in [3.63, 3.8) is 0 Å². The summed E-state index contributed by atoms with van der Waals surface area (Å²) in [5, 5.41) is 0. The largest absolute Gasteiger partial charge is 0.811 e. The van der Waals surface area contributed by atoms with Gasteiger partial charge < -0.3 is 19.1 Å². The first-order valence-electron chi connectivity index (χ1n) is 3.30. The molecule has 0 aliphatic rings. The Balaban J connectivity index is 3.77. The van der Waals surface area contributed by atoms with Crippen molar-refractivity contribution in [3.8, 4) is 0 Å². The van der Waals surface area contributed by atoms with Crippen LogP contribution in [0.2, 0.25) is 0 Å². The predicted molar refractivity (Wildman–Crippen MR) is 38.2 cm³/mol. The van der Waals surface area contributed by atoms with Crippen LogP contribution in [0.3, 0.4) is 0 Å². The minimum atomic E-state index is -4.54. The second kappa shape index (κ2) is 5.09. The predicted octanol–water partition coefficient (Wildman–Crippen LogP) is -0.981. The van der Waals surface area contributed by atoms with Gasteiger partial charge in [0.05, 0.1) is 6.61 Å². The van der Waals surface area contributed by atoms with Crippen LogP contribution in [-0.2, 0) is 14.1 Å². The zero-order valence-electron chi connectivity index (χ0n) is 6.56. The molecule has 6 heteroatoms. The Bertz CT molecular complexity index is 216. The van der Waals surface area contributed by atoms with Crippen LogP contribution in [0.4, 0.5) is 0 Å². The summed E-state index contributed by atoms with van der Waals surface area (Å²) in [5.74, 6) is -0.647. The number of allylic oxidation sites excluding steroid dienone is 1. The maximum absolute atomic E-state index is 10.5. The summed E-state index contributed by atoms with van der Waals surface area (Å²) in [4.78, 5) is 30.6. The molecule has 0 aromatic rings. The maximum Gasteiger partial charge on any atom is 0.330 e. The van der Waals surface area contributed by atoms with E-state index in [0.717, 1.165) is 12.2 Å². The fourth-order valence-electron chi connectivity index (χ4n) is 0.468. The van der Waals surface area contributed by atoms with Crippen molar-refractivity contribution in [2.24, 2.45) is 0 Å². The Kier molecular flexibility index (Phi) is 4.81. The van der Waals surface area contributed by atoms with Crippen LogP contribution in [0.1, 0.15) is 6.92 Å². The molecule has 0 rings (SSSR count). The SMILES string of the molecule is CCOC(=O)/C=C/CP(=O)([O-])[O-]. The lowest BCUT2D eigenvalue weighted by atomic mass is 10.5. The van der Waals surface area contributed by atoms with E-state index in [-0.39, 0.29) is 6.61 Å². The van der Waals surface area contributed by atoms with Gasteiger partial charge in [-0.15, -0.1) is 0 Å². The van der Waals surface area contributed by atoms with Crippen LogP contribution in [0.15, 0.2) is 12.2 Å². The van der Waals surface area contributed by atoms with Crippen LogP contribution in [0.25, 0.3) is 0 Å². The van der Waals surface area contributed by atoms with E-state index in [2.05, 4.69) is 4.74 Å². The topological polar surface area (TPSA) is 89.5 Å². The standard InChI is InChI=1S/C6H11O5P/c1-2-11-6(7)4-3-5-12(8,9)10/h3-4H,2,5H2,1H3,(H2,8,9,10)/p-2/b4-3+. The molecule has 0 saturated carbocycles.